The first-order chi connectivity index (χ1) is 37.1. The zero-order valence-electron chi connectivity index (χ0n) is 41.7. The first kappa shape index (κ1) is 54.6. The van der Waals surface area contributed by atoms with Gasteiger partial charge in [0.05, 0.1) is 36.2 Å². The standard InChI is InChI=1S/C49H48N14O8S6/c1-23-36-43(70)62-49-61-38(31(77-49)18-71-5)42(69)51-17-35(66)59-39(40(67)24-10-7-6-8-11-24)48-56-30(21-74-48)46-54-28(19-73-46)37-25(13-14-26(52-37)45-58-32(22-75-45)57-33(64)12-9-15-63(3)4)44-55-29(20-72-44)41(68)53-27(16-34(65)50-2)47(60-36)76-23/h6-8,10-11,13-14,19-22,27,39-40,67H,9,12,15-18H2,1-5H3,(H,50,65)(H,51,69)(H,53,68)(H,57,64)(H,59,66)(H,61,62,70)/t27-,39-,40-/m0/s1. The van der Waals surface area contributed by atoms with Crippen molar-refractivity contribution in [2.24, 2.45) is 0 Å². The quantitative estimate of drug-likeness (QED) is 0.0668. The summed E-state index contributed by atoms with van der Waals surface area (Å²) in [6.45, 7) is 1.87. The normalized spacial score (nSPS) is 15.6. The Hall–Kier alpha value is -7.15. The van der Waals surface area contributed by atoms with Crippen LogP contribution in [0.3, 0.4) is 0 Å². The first-order valence-corrected chi connectivity index (χ1v) is 28.7. The van der Waals surface area contributed by atoms with Gasteiger partial charge in [-0.3, -0.25) is 34.1 Å². The molecule has 8 aromatic rings. The number of aryl methyl sites for hydroxylation is 1. The number of pyridine rings is 1. The highest BCUT2D eigenvalue weighted by molar-refractivity contribution is 7.16. The largest absolute Gasteiger partial charge is 0.386 e. The molecular weight excluding hydrogens is 1110 g/mol. The molecule has 77 heavy (non-hydrogen) atoms. The van der Waals surface area contributed by atoms with Gasteiger partial charge in [0.2, 0.25) is 17.7 Å². The summed E-state index contributed by atoms with van der Waals surface area (Å²) in [6.07, 6.45) is -0.466. The second-order valence-corrected chi connectivity index (χ2v) is 23.1. The number of rotatable bonds is 12. The van der Waals surface area contributed by atoms with Crippen LogP contribution in [0.2, 0.25) is 0 Å². The molecule has 1 aliphatic rings. The molecule has 7 aromatic heterocycles. The molecule has 0 radical (unpaired) electrons. The van der Waals surface area contributed by atoms with Crippen LogP contribution in [-0.2, 0) is 25.7 Å². The Morgan fingerprint density at radius 1 is 0.753 bits per heavy atom. The molecule has 1 aromatic carbocycles. The van der Waals surface area contributed by atoms with E-state index in [9.17, 15) is 33.9 Å². The average molecular weight is 1150 g/mol. The summed E-state index contributed by atoms with van der Waals surface area (Å²) >= 11 is 7.07. The minimum atomic E-state index is -1.26. The van der Waals surface area contributed by atoms with Crippen molar-refractivity contribution >= 4 is 114 Å². The van der Waals surface area contributed by atoms with E-state index >= 15 is 0 Å². The van der Waals surface area contributed by atoms with E-state index in [1.165, 1.54) is 59.5 Å². The number of ether oxygens (including phenoxy) is 1. The van der Waals surface area contributed by atoms with Gasteiger partial charge < -0.3 is 41.3 Å². The lowest BCUT2D eigenvalue weighted by molar-refractivity contribution is -0.122. The lowest BCUT2D eigenvalue weighted by Gasteiger charge is -2.23. The maximum atomic E-state index is 14.2. The fourth-order valence-corrected chi connectivity index (χ4v) is 12.9. The van der Waals surface area contributed by atoms with Crippen molar-refractivity contribution in [3.63, 3.8) is 0 Å². The zero-order chi connectivity index (χ0) is 54.3. The number of thiazole rings is 6. The Kier molecular flexibility index (Phi) is 17.4. The van der Waals surface area contributed by atoms with Gasteiger partial charge in [-0.1, -0.05) is 41.7 Å². The average Bonchev–Trinajstić information content (AvgIpc) is 4.32. The highest BCUT2D eigenvalue weighted by atomic mass is 32.1. The molecule has 3 atom stereocenters. The first-order valence-electron chi connectivity index (χ1n) is 23.5. The van der Waals surface area contributed by atoms with Crippen LogP contribution in [0.5, 0.6) is 0 Å². The summed E-state index contributed by atoms with van der Waals surface area (Å²) in [5.74, 6) is -2.81. The molecule has 0 saturated heterocycles. The number of methoxy groups -OCH3 is 1. The molecule has 0 saturated carbocycles. The number of fused-ring (bicyclic) bond motifs is 14. The molecule has 10 bridgehead atoms. The van der Waals surface area contributed by atoms with Crippen molar-refractivity contribution < 1.29 is 38.6 Å². The number of hydrogen-bond acceptors (Lipinski definition) is 22. The van der Waals surface area contributed by atoms with Gasteiger partial charge in [0.1, 0.15) is 77.2 Å². The van der Waals surface area contributed by atoms with E-state index in [0.717, 1.165) is 29.2 Å². The number of aliphatic hydroxyl groups excluding tert-OH is 1. The van der Waals surface area contributed by atoms with Crippen molar-refractivity contribution in [1.29, 1.82) is 0 Å². The van der Waals surface area contributed by atoms with E-state index in [1.54, 1.807) is 59.5 Å². The van der Waals surface area contributed by atoms with Crippen molar-refractivity contribution in [3.05, 3.63) is 106 Å². The molecule has 28 heteroatoms. The molecule has 1 aliphatic heterocycles. The highest BCUT2D eigenvalue weighted by Gasteiger charge is 2.31. The summed E-state index contributed by atoms with van der Waals surface area (Å²) in [4.78, 5) is 117. The summed E-state index contributed by atoms with van der Waals surface area (Å²) in [7, 11) is 6.80. The van der Waals surface area contributed by atoms with Crippen molar-refractivity contribution in [3.8, 4) is 43.4 Å². The van der Waals surface area contributed by atoms with Gasteiger partial charge in [-0.2, -0.15) is 0 Å². The molecule has 0 aliphatic carbocycles. The van der Waals surface area contributed by atoms with Crippen LogP contribution in [0.15, 0.2) is 64.0 Å². The van der Waals surface area contributed by atoms with Gasteiger partial charge in [-0.25, -0.2) is 34.9 Å². The predicted molar refractivity (Wildman–Crippen MR) is 296 cm³/mol. The van der Waals surface area contributed by atoms with E-state index in [2.05, 4.69) is 46.9 Å². The number of amides is 6. The minimum absolute atomic E-state index is 0.000899. The van der Waals surface area contributed by atoms with Gasteiger partial charge in [-0.15, -0.1) is 56.7 Å². The third-order valence-corrected chi connectivity index (χ3v) is 17.1. The van der Waals surface area contributed by atoms with Crippen LogP contribution >= 0.6 is 68.0 Å². The van der Waals surface area contributed by atoms with Crippen molar-refractivity contribution in [2.75, 3.05) is 52.0 Å². The predicted octanol–water partition coefficient (Wildman–Crippen LogP) is 6.72. The number of nitrogens with one attached hydrogen (secondary N) is 6. The summed E-state index contributed by atoms with van der Waals surface area (Å²) in [5, 5.41) is 37.3. The number of aromatic nitrogens is 7. The van der Waals surface area contributed by atoms with Gasteiger partial charge in [-0.05, 0) is 51.7 Å². The maximum absolute atomic E-state index is 14.2. The lowest BCUT2D eigenvalue weighted by Crippen LogP contribution is -2.40. The van der Waals surface area contributed by atoms with Crippen LogP contribution in [-0.4, -0.2) is 122 Å². The van der Waals surface area contributed by atoms with Gasteiger partial charge in [0.15, 0.2) is 5.13 Å². The minimum Gasteiger partial charge on any atom is -0.386 e. The second kappa shape index (κ2) is 24.5. The maximum Gasteiger partial charge on any atom is 0.277 e. The number of hydrogen-bond donors (Lipinski definition) is 7. The van der Waals surface area contributed by atoms with E-state index in [1.807, 2.05) is 30.4 Å². The van der Waals surface area contributed by atoms with Gasteiger partial charge in [0, 0.05) is 52.5 Å². The Morgan fingerprint density at radius 3 is 2.27 bits per heavy atom. The molecule has 398 valence electrons. The van der Waals surface area contributed by atoms with E-state index in [4.69, 9.17) is 24.7 Å². The third-order valence-electron chi connectivity index (χ3n) is 11.5. The van der Waals surface area contributed by atoms with Crippen molar-refractivity contribution in [2.45, 2.75) is 51.0 Å². The fourth-order valence-electron chi connectivity index (χ4n) is 7.74. The second-order valence-electron chi connectivity index (χ2n) is 17.4. The monoisotopic (exact) mass is 1150 g/mol. The van der Waals surface area contributed by atoms with Gasteiger partial charge >= 0.3 is 0 Å². The number of anilines is 2. The molecule has 0 unspecified atom stereocenters. The smallest absolute Gasteiger partial charge is 0.277 e. The summed E-state index contributed by atoms with van der Waals surface area (Å²) in [5.41, 5.74) is 2.75. The number of carbonyl (C=O) groups is 6. The number of nitrogens with zero attached hydrogens (tertiary/aromatic N) is 8. The van der Waals surface area contributed by atoms with Crippen molar-refractivity contribution in [1.82, 2.24) is 61.1 Å². The molecule has 9 rings (SSSR count). The van der Waals surface area contributed by atoms with Crippen LogP contribution in [0.4, 0.5) is 10.9 Å². The molecule has 0 spiro atoms. The molecular formula is C49H48N14O8S6. The Morgan fingerprint density at radius 2 is 1.49 bits per heavy atom. The molecule has 22 nitrogen and oxygen atoms in total. The molecule has 0 fully saturated rings. The van der Waals surface area contributed by atoms with E-state index in [0.29, 0.717) is 82.3 Å². The van der Waals surface area contributed by atoms with Crippen LogP contribution in [0.1, 0.15) is 94.2 Å². The van der Waals surface area contributed by atoms with E-state index < -0.39 is 54.3 Å². The molecule has 8 heterocycles. The molecule has 6 amide bonds. The van der Waals surface area contributed by atoms with Gasteiger partial charge in [0.25, 0.3) is 17.7 Å². The van der Waals surface area contributed by atoms with E-state index in [-0.39, 0.29) is 46.2 Å². The SMILES string of the molecule is CNC(=O)C[C@@H]1NC(=O)c2csc(n2)-c2ccc(-c3nc(NC(=O)CCCN(C)C)cs3)nc2-c2csc(n2)-c2csc(n2)[C@H]([C@@H](O)c2ccccc2)NC(=O)CNC(=O)c2nc(sc2COC)NC(=O)c2nc1sc2C. The number of benzene rings is 1. The Labute approximate surface area is 463 Å². The highest BCUT2D eigenvalue weighted by Crippen LogP contribution is 2.40. The molecule has 7 N–H and O–H groups in total. The summed E-state index contributed by atoms with van der Waals surface area (Å²) < 4.78 is 5.33. The zero-order valence-corrected chi connectivity index (χ0v) is 46.6. The third kappa shape index (κ3) is 13.0. The van der Waals surface area contributed by atoms with Crippen LogP contribution < -0.4 is 31.9 Å². The van der Waals surface area contributed by atoms with Crippen LogP contribution in [0.25, 0.3) is 43.4 Å². The van der Waals surface area contributed by atoms with Crippen LogP contribution in [0, 0.1) is 6.92 Å². The number of carbonyl (C=O) groups excluding carboxylic acids is 6. The topological polar surface area (TPSA) is 298 Å². The summed E-state index contributed by atoms with van der Waals surface area (Å²) in [6, 6.07) is 10.3. The fraction of sp³-hybridized carbons (Fsp3) is 0.286. The lowest BCUT2D eigenvalue weighted by atomic mass is 10.0. The Bertz CT molecular complexity index is 3480. The Balaban J connectivity index is 1.11. The number of aliphatic hydroxyl groups is 1.